The normalized spacial score (nSPS) is 17.6. The van der Waals surface area contributed by atoms with Crippen LogP contribution in [0.1, 0.15) is 47.6 Å². The molecule has 3 aromatic heterocycles. The number of aromatic amines is 1. The summed E-state index contributed by atoms with van der Waals surface area (Å²) in [6.45, 7) is 0. The van der Waals surface area contributed by atoms with Crippen molar-refractivity contribution in [3.63, 3.8) is 0 Å². The van der Waals surface area contributed by atoms with Crippen LogP contribution in [-0.2, 0) is 12.8 Å². The number of aryl methyl sites for hydroxylation is 1. The van der Waals surface area contributed by atoms with E-state index in [1.807, 2.05) is 0 Å². The number of nitrogens with one attached hydrogen (secondary N) is 1. The third kappa shape index (κ3) is 2.28. The van der Waals surface area contributed by atoms with Crippen molar-refractivity contribution < 1.29 is 4.52 Å². The predicted molar refractivity (Wildman–Crippen MR) is 70.3 cm³/mol. The molecule has 106 valence electrons. The van der Waals surface area contributed by atoms with Crippen LogP contribution in [-0.4, -0.2) is 35.5 Å². The number of aromatic nitrogens is 7. The third-order valence-electron chi connectivity index (χ3n) is 3.63. The summed E-state index contributed by atoms with van der Waals surface area (Å²) in [6.07, 6.45) is 8.45. The van der Waals surface area contributed by atoms with Crippen LogP contribution in [0.4, 0.5) is 0 Å². The molecular weight excluding hydrogens is 270 g/mol. The van der Waals surface area contributed by atoms with Crippen LogP contribution in [0, 0.1) is 0 Å². The minimum atomic E-state index is 0.0376. The van der Waals surface area contributed by atoms with Gasteiger partial charge in [-0.05, 0) is 19.3 Å². The molecule has 0 spiro atoms. The highest BCUT2D eigenvalue weighted by molar-refractivity contribution is 5.23. The van der Waals surface area contributed by atoms with Crippen LogP contribution in [0.5, 0.6) is 0 Å². The lowest BCUT2D eigenvalue weighted by atomic mass is 9.90. The second-order valence-corrected chi connectivity index (χ2v) is 5.02. The first-order valence-electron chi connectivity index (χ1n) is 6.87. The average Bonchev–Trinajstić information content (AvgIpc) is 3.16. The van der Waals surface area contributed by atoms with E-state index in [9.17, 15) is 0 Å². The van der Waals surface area contributed by atoms with Crippen molar-refractivity contribution in [1.82, 2.24) is 35.5 Å². The Bertz CT molecular complexity index is 736. The molecule has 4 rings (SSSR count). The summed E-state index contributed by atoms with van der Waals surface area (Å²) in [4.78, 5) is 12.7. The molecule has 3 heterocycles. The minimum absolute atomic E-state index is 0.0376. The number of hydrogen-bond donors (Lipinski definition) is 1. The van der Waals surface area contributed by atoms with E-state index in [0.717, 1.165) is 36.3 Å². The summed E-state index contributed by atoms with van der Waals surface area (Å²) in [5.41, 5.74) is 2.74. The van der Waals surface area contributed by atoms with Crippen molar-refractivity contribution in [2.75, 3.05) is 0 Å². The molecule has 0 fully saturated rings. The van der Waals surface area contributed by atoms with Crippen molar-refractivity contribution in [1.29, 1.82) is 0 Å². The molecule has 0 bridgehead atoms. The lowest BCUT2D eigenvalue weighted by Gasteiger charge is -2.15. The summed E-state index contributed by atoms with van der Waals surface area (Å²) in [5, 5.41) is 15.1. The monoisotopic (exact) mass is 283 g/mol. The Kier molecular flexibility index (Phi) is 2.91. The standard InChI is InChI=1S/C13H13N7O/c1-2-9(12-10(3-1)17-20-18-12)13-16-11(19-21-13)6-8-7-14-4-5-15-8/h4-5,7,9H,1-3,6H2,(H,17,18,20)/t9-/m0/s1. The Morgan fingerprint density at radius 1 is 1.29 bits per heavy atom. The molecule has 0 amide bonds. The van der Waals surface area contributed by atoms with E-state index >= 15 is 0 Å². The maximum absolute atomic E-state index is 5.41. The smallest absolute Gasteiger partial charge is 0.235 e. The molecule has 1 aliphatic carbocycles. The van der Waals surface area contributed by atoms with Crippen molar-refractivity contribution in [3.05, 3.63) is 47.4 Å². The van der Waals surface area contributed by atoms with Gasteiger partial charge >= 0.3 is 0 Å². The third-order valence-corrected chi connectivity index (χ3v) is 3.63. The van der Waals surface area contributed by atoms with Gasteiger partial charge in [-0.25, -0.2) is 0 Å². The number of fused-ring (bicyclic) bond motifs is 1. The lowest BCUT2D eigenvalue weighted by Crippen LogP contribution is -2.11. The van der Waals surface area contributed by atoms with Gasteiger partial charge in [0, 0.05) is 18.6 Å². The molecular formula is C13H13N7O. The lowest BCUT2D eigenvalue weighted by molar-refractivity contribution is 0.348. The van der Waals surface area contributed by atoms with Crippen molar-refractivity contribution >= 4 is 0 Å². The first-order valence-corrected chi connectivity index (χ1v) is 6.87. The zero-order chi connectivity index (χ0) is 14.1. The number of nitrogens with zero attached hydrogens (tertiary/aromatic N) is 6. The van der Waals surface area contributed by atoms with Crippen LogP contribution < -0.4 is 0 Å². The molecule has 8 nitrogen and oxygen atoms in total. The van der Waals surface area contributed by atoms with Crippen LogP contribution in [0.3, 0.4) is 0 Å². The highest BCUT2D eigenvalue weighted by atomic mass is 16.5. The minimum Gasteiger partial charge on any atom is -0.339 e. The predicted octanol–water partition coefficient (Wildman–Crippen LogP) is 1.04. The van der Waals surface area contributed by atoms with Crippen LogP contribution in [0.15, 0.2) is 23.1 Å². The first kappa shape index (κ1) is 12.1. The van der Waals surface area contributed by atoms with Crippen LogP contribution >= 0.6 is 0 Å². The Morgan fingerprint density at radius 2 is 2.29 bits per heavy atom. The Balaban J connectivity index is 1.58. The average molecular weight is 283 g/mol. The van der Waals surface area contributed by atoms with Gasteiger partial charge in [-0.3, -0.25) is 9.97 Å². The fraction of sp³-hybridized carbons (Fsp3) is 0.385. The second-order valence-electron chi connectivity index (χ2n) is 5.02. The maximum Gasteiger partial charge on any atom is 0.235 e. The summed E-state index contributed by atoms with van der Waals surface area (Å²) in [7, 11) is 0. The molecule has 0 radical (unpaired) electrons. The zero-order valence-corrected chi connectivity index (χ0v) is 11.2. The Labute approximate surface area is 120 Å². The summed E-state index contributed by atoms with van der Waals surface area (Å²) < 4.78 is 5.41. The molecule has 1 aliphatic rings. The van der Waals surface area contributed by atoms with Gasteiger partial charge in [-0.15, -0.1) is 0 Å². The van der Waals surface area contributed by atoms with Gasteiger partial charge in [0.15, 0.2) is 5.82 Å². The quantitative estimate of drug-likeness (QED) is 0.765. The molecule has 0 unspecified atom stereocenters. The van der Waals surface area contributed by atoms with Gasteiger partial charge in [-0.2, -0.15) is 20.4 Å². The van der Waals surface area contributed by atoms with Gasteiger partial charge in [0.2, 0.25) is 5.89 Å². The fourth-order valence-electron chi connectivity index (χ4n) is 2.64. The van der Waals surface area contributed by atoms with Crippen LogP contribution in [0.25, 0.3) is 0 Å². The second kappa shape index (κ2) is 5.04. The van der Waals surface area contributed by atoms with Gasteiger partial charge in [0.05, 0.1) is 29.4 Å². The van der Waals surface area contributed by atoms with Gasteiger partial charge < -0.3 is 4.52 Å². The van der Waals surface area contributed by atoms with E-state index in [1.54, 1.807) is 18.6 Å². The van der Waals surface area contributed by atoms with Gasteiger partial charge in [0.25, 0.3) is 0 Å². The SMILES string of the molecule is c1cnc(Cc2noc([C@H]3CCCc4n[nH]nc43)n2)cn1. The molecule has 0 saturated heterocycles. The van der Waals surface area contributed by atoms with E-state index in [-0.39, 0.29) is 5.92 Å². The molecule has 3 aromatic rings. The highest BCUT2D eigenvalue weighted by Gasteiger charge is 2.29. The van der Waals surface area contributed by atoms with Crippen molar-refractivity contribution in [3.8, 4) is 0 Å². The fourth-order valence-corrected chi connectivity index (χ4v) is 2.64. The van der Waals surface area contributed by atoms with E-state index in [4.69, 9.17) is 4.52 Å². The zero-order valence-electron chi connectivity index (χ0n) is 11.2. The van der Waals surface area contributed by atoms with Crippen molar-refractivity contribution in [2.45, 2.75) is 31.6 Å². The molecule has 8 heteroatoms. The van der Waals surface area contributed by atoms with Gasteiger partial charge in [-0.1, -0.05) is 5.16 Å². The largest absolute Gasteiger partial charge is 0.339 e. The maximum atomic E-state index is 5.41. The van der Waals surface area contributed by atoms with E-state index in [2.05, 4.69) is 35.5 Å². The molecule has 1 atom stereocenters. The molecule has 0 aromatic carbocycles. The van der Waals surface area contributed by atoms with Crippen molar-refractivity contribution in [2.24, 2.45) is 0 Å². The Hall–Kier alpha value is -2.64. The van der Waals surface area contributed by atoms with E-state index in [0.29, 0.717) is 18.1 Å². The molecule has 21 heavy (non-hydrogen) atoms. The Morgan fingerprint density at radius 3 is 3.19 bits per heavy atom. The topological polar surface area (TPSA) is 106 Å². The highest BCUT2D eigenvalue weighted by Crippen LogP contribution is 2.33. The molecule has 0 saturated carbocycles. The summed E-state index contributed by atoms with van der Waals surface area (Å²) in [5.74, 6) is 1.25. The summed E-state index contributed by atoms with van der Waals surface area (Å²) >= 11 is 0. The number of hydrogen-bond acceptors (Lipinski definition) is 7. The first-order chi connectivity index (χ1) is 10.4. The van der Waals surface area contributed by atoms with Crippen LogP contribution in [0.2, 0.25) is 0 Å². The number of rotatable bonds is 3. The molecule has 1 N–H and O–H groups in total. The summed E-state index contributed by atoms with van der Waals surface area (Å²) in [6, 6.07) is 0. The number of H-pyrrole nitrogens is 1. The van der Waals surface area contributed by atoms with E-state index in [1.165, 1.54) is 0 Å². The van der Waals surface area contributed by atoms with Gasteiger partial charge in [0.1, 0.15) is 0 Å². The van der Waals surface area contributed by atoms with E-state index < -0.39 is 0 Å². The molecule has 0 aliphatic heterocycles.